The second-order valence-electron chi connectivity index (χ2n) is 5.11. The summed E-state index contributed by atoms with van der Waals surface area (Å²) in [5, 5.41) is 0. The summed E-state index contributed by atoms with van der Waals surface area (Å²) in [5.41, 5.74) is 6.48. The zero-order valence-corrected chi connectivity index (χ0v) is 11.3. The third-order valence-electron chi connectivity index (χ3n) is 3.72. The monoisotopic (exact) mass is 248 g/mol. The van der Waals surface area contributed by atoms with Crippen LogP contribution in [0.15, 0.2) is 24.3 Å². The molecule has 2 rings (SSSR count). The molecule has 18 heavy (non-hydrogen) atoms. The fourth-order valence-corrected chi connectivity index (χ4v) is 2.32. The maximum absolute atomic E-state index is 5.73. The van der Waals surface area contributed by atoms with Gasteiger partial charge in [-0.05, 0) is 37.4 Å². The van der Waals surface area contributed by atoms with Crippen molar-refractivity contribution in [3.8, 4) is 5.75 Å². The normalized spacial score (nSPS) is 15.7. The van der Waals surface area contributed by atoms with Crippen molar-refractivity contribution in [3.05, 3.63) is 24.3 Å². The highest BCUT2D eigenvalue weighted by Gasteiger charge is 2.19. The summed E-state index contributed by atoms with van der Waals surface area (Å²) in [6.07, 6.45) is 4.24. The maximum Gasteiger partial charge on any atom is 0.121 e. The van der Waals surface area contributed by atoms with Gasteiger partial charge >= 0.3 is 0 Å². The number of hydrogen-bond acceptors (Lipinski definition) is 3. The largest absolute Gasteiger partial charge is 0.492 e. The molecule has 100 valence electrons. The average molecular weight is 248 g/mol. The number of rotatable bonds is 7. The molecule has 1 fully saturated rings. The van der Waals surface area contributed by atoms with E-state index in [9.17, 15) is 0 Å². The molecule has 0 aromatic heterocycles. The molecule has 3 nitrogen and oxygen atoms in total. The van der Waals surface area contributed by atoms with Gasteiger partial charge in [-0.15, -0.1) is 0 Å². The molecule has 0 atom stereocenters. The highest BCUT2D eigenvalue weighted by Crippen LogP contribution is 2.26. The Bertz CT molecular complexity index is 363. The minimum atomic E-state index is 0.740. The van der Waals surface area contributed by atoms with Crippen LogP contribution in [0.5, 0.6) is 5.75 Å². The lowest BCUT2D eigenvalue weighted by molar-refractivity contribution is 0.158. The number of nitrogens with zero attached hydrogens (tertiary/aromatic N) is 1. The van der Waals surface area contributed by atoms with E-state index in [1.807, 2.05) is 24.3 Å². The molecule has 3 heteroatoms. The van der Waals surface area contributed by atoms with Crippen LogP contribution in [0.3, 0.4) is 0 Å². The lowest BCUT2D eigenvalue weighted by Gasteiger charge is -2.31. The quantitative estimate of drug-likeness (QED) is 0.754. The number of nitrogens with two attached hydrogens (primary N) is 1. The van der Waals surface area contributed by atoms with Gasteiger partial charge in [0.05, 0.1) is 0 Å². The fraction of sp³-hybridized carbons (Fsp3) is 0.600. The van der Waals surface area contributed by atoms with Gasteiger partial charge in [-0.3, -0.25) is 4.90 Å². The summed E-state index contributed by atoms with van der Waals surface area (Å²) in [6, 6.07) is 7.64. The molecule has 0 amide bonds. The molecule has 2 N–H and O–H groups in total. The van der Waals surface area contributed by atoms with Crippen LogP contribution in [0.25, 0.3) is 0 Å². The van der Waals surface area contributed by atoms with E-state index in [1.54, 1.807) is 0 Å². The van der Waals surface area contributed by atoms with Crippen LogP contribution in [0, 0.1) is 5.92 Å². The molecule has 0 spiro atoms. The van der Waals surface area contributed by atoms with Gasteiger partial charge < -0.3 is 10.5 Å². The Morgan fingerprint density at radius 3 is 2.83 bits per heavy atom. The van der Waals surface area contributed by atoms with Crippen LogP contribution in [-0.4, -0.2) is 31.1 Å². The van der Waals surface area contributed by atoms with E-state index in [4.69, 9.17) is 10.5 Å². The number of hydrogen-bond donors (Lipinski definition) is 1. The van der Waals surface area contributed by atoms with Crippen LogP contribution in [-0.2, 0) is 0 Å². The van der Waals surface area contributed by atoms with Crippen molar-refractivity contribution in [2.45, 2.75) is 26.2 Å². The van der Waals surface area contributed by atoms with Crippen molar-refractivity contribution >= 4 is 5.69 Å². The average Bonchev–Trinajstić information content (AvgIpc) is 2.31. The van der Waals surface area contributed by atoms with Crippen molar-refractivity contribution in [3.63, 3.8) is 0 Å². The Hall–Kier alpha value is -1.22. The van der Waals surface area contributed by atoms with Gasteiger partial charge in [0, 0.05) is 24.8 Å². The van der Waals surface area contributed by atoms with Crippen molar-refractivity contribution in [2.75, 3.05) is 32.0 Å². The Balaban J connectivity index is 1.69. The third kappa shape index (κ3) is 3.91. The predicted octanol–water partition coefficient (Wildman–Crippen LogP) is 2.77. The number of ether oxygens (including phenoxy) is 1. The second-order valence-corrected chi connectivity index (χ2v) is 5.11. The molecule has 1 aromatic rings. The van der Waals surface area contributed by atoms with E-state index in [1.165, 1.54) is 25.8 Å². The molecule has 1 aliphatic rings. The van der Waals surface area contributed by atoms with Gasteiger partial charge in [0.25, 0.3) is 0 Å². The molecule has 0 heterocycles. The summed E-state index contributed by atoms with van der Waals surface area (Å²) in [4.78, 5) is 2.48. The van der Waals surface area contributed by atoms with E-state index in [-0.39, 0.29) is 0 Å². The maximum atomic E-state index is 5.73. The zero-order chi connectivity index (χ0) is 12.8. The first-order valence-corrected chi connectivity index (χ1v) is 6.98. The van der Waals surface area contributed by atoms with Crippen LogP contribution < -0.4 is 10.5 Å². The Morgan fingerprint density at radius 2 is 2.22 bits per heavy atom. The van der Waals surface area contributed by atoms with Crippen LogP contribution in [0.2, 0.25) is 0 Å². The molecule has 1 saturated carbocycles. The molecule has 0 unspecified atom stereocenters. The van der Waals surface area contributed by atoms with Crippen LogP contribution in [0.1, 0.15) is 26.2 Å². The van der Waals surface area contributed by atoms with Crippen molar-refractivity contribution in [1.82, 2.24) is 4.90 Å². The van der Waals surface area contributed by atoms with Gasteiger partial charge in [-0.2, -0.15) is 0 Å². The van der Waals surface area contributed by atoms with E-state index in [0.717, 1.165) is 37.1 Å². The highest BCUT2D eigenvalue weighted by molar-refractivity contribution is 5.43. The summed E-state index contributed by atoms with van der Waals surface area (Å²) in [7, 11) is 0. The number of nitrogen functional groups attached to an aromatic ring is 1. The summed E-state index contributed by atoms with van der Waals surface area (Å²) in [5.74, 6) is 1.80. The summed E-state index contributed by atoms with van der Waals surface area (Å²) >= 11 is 0. The first-order chi connectivity index (χ1) is 8.78. The number of benzene rings is 1. The molecule has 0 radical (unpaired) electrons. The molecule has 0 bridgehead atoms. The third-order valence-corrected chi connectivity index (χ3v) is 3.72. The van der Waals surface area contributed by atoms with Crippen LogP contribution >= 0.6 is 0 Å². The zero-order valence-electron chi connectivity index (χ0n) is 11.3. The predicted molar refractivity (Wildman–Crippen MR) is 75.8 cm³/mol. The van der Waals surface area contributed by atoms with E-state index >= 15 is 0 Å². The first kappa shape index (κ1) is 13.2. The molecule has 1 aromatic carbocycles. The minimum absolute atomic E-state index is 0.740. The fourth-order valence-electron chi connectivity index (χ4n) is 2.32. The Kier molecular flexibility index (Phi) is 4.88. The van der Waals surface area contributed by atoms with Gasteiger partial charge in [0.2, 0.25) is 0 Å². The van der Waals surface area contributed by atoms with Crippen molar-refractivity contribution < 1.29 is 4.74 Å². The highest BCUT2D eigenvalue weighted by atomic mass is 16.5. The lowest BCUT2D eigenvalue weighted by Crippen LogP contribution is -2.35. The van der Waals surface area contributed by atoms with Crippen LogP contribution in [0.4, 0.5) is 5.69 Å². The molecule has 1 aliphatic carbocycles. The Labute approximate surface area is 110 Å². The first-order valence-electron chi connectivity index (χ1n) is 6.98. The van der Waals surface area contributed by atoms with E-state index < -0.39 is 0 Å². The standard InChI is InChI=1S/C15H24N2O/c1-2-17(12-13-5-3-6-13)9-10-18-15-8-4-7-14(16)11-15/h4,7-8,11,13H,2-3,5-6,9-10,12,16H2,1H3. The van der Waals surface area contributed by atoms with Gasteiger partial charge in [0.15, 0.2) is 0 Å². The molecular weight excluding hydrogens is 224 g/mol. The number of likely N-dealkylation sites (N-methyl/N-ethyl adjacent to an activating group) is 1. The minimum Gasteiger partial charge on any atom is -0.492 e. The van der Waals surface area contributed by atoms with Crippen molar-refractivity contribution in [1.29, 1.82) is 0 Å². The van der Waals surface area contributed by atoms with Gasteiger partial charge in [0.1, 0.15) is 12.4 Å². The topological polar surface area (TPSA) is 38.5 Å². The van der Waals surface area contributed by atoms with Gasteiger partial charge in [-0.1, -0.05) is 19.4 Å². The van der Waals surface area contributed by atoms with Crippen molar-refractivity contribution in [2.24, 2.45) is 5.92 Å². The SMILES string of the molecule is CCN(CCOc1cccc(N)c1)CC1CCC1. The second kappa shape index (κ2) is 6.64. The number of anilines is 1. The van der Waals surface area contributed by atoms with E-state index in [0.29, 0.717) is 0 Å². The molecule has 0 aliphatic heterocycles. The summed E-state index contributed by atoms with van der Waals surface area (Å²) in [6.45, 7) is 6.30. The van der Waals surface area contributed by atoms with E-state index in [2.05, 4.69) is 11.8 Å². The Morgan fingerprint density at radius 1 is 1.39 bits per heavy atom. The lowest BCUT2D eigenvalue weighted by atomic mass is 9.85. The summed E-state index contributed by atoms with van der Waals surface area (Å²) < 4.78 is 5.73. The molecule has 0 saturated heterocycles. The molecular formula is C15H24N2O. The van der Waals surface area contributed by atoms with Gasteiger partial charge in [-0.25, -0.2) is 0 Å². The smallest absolute Gasteiger partial charge is 0.121 e.